The summed E-state index contributed by atoms with van der Waals surface area (Å²) in [6.07, 6.45) is 0.900. The molecule has 4 nitrogen and oxygen atoms in total. The van der Waals surface area contributed by atoms with E-state index in [1.54, 1.807) is 24.3 Å². The Kier molecular flexibility index (Phi) is 4.51. The average Bonchev–Trinajstić information content (AvgIpc) is 2.26. The van der Waals surface area contributed by atoms with Gasteiger partial charge in [0, 0.05) is 19.0 Å². The van der Waals surface area contributed by atoms with E-state index in [-0.39, 0.29) is 11.9 Å². The molecule has 0 aliphatic carbocycles. The Hall–Kier alpha value is -1.84. The van der Waals surface area contributed by atoms with Gasteiger partial charge in [0.2, 0.25) is 0 Å². The van der Waals surface area contributed by atoms with Gasteiger partial charge in [-0.2, -0.15) is 0 Å². The topological polar surface area (TPSA) is 55.4 Å². The fraction of sp³-hybridized carbons (Fsp3) is 0.333. The largest absolute Gasteiger partial charge is 0.427 e. The SMILES string of the molecule is CCCNC(=O)c1ccc(OC(C)=O)cc1. The van der Waals surface area contributed by atoms with Crippen LogP contribution in [0.5, 0.6) is 5.75 Å². The van der Waals surface area contributed by atoms with Crippen molar-refractivity contribution in [2.24, 2.45) is 0 Å². The van der Waals surface area contributed by atoms with Crippen LogP contribution in [-0.2, 0) is 4.79 Å². The van der Waals surface area contributed by atoms with Gasteiger partial charge in [-0.1, -0.05) is 6.92 Å². The van der Waals surface area contributed by atoms with E-state index < -0.39 is 0 Å². The van der Waals surface area contributed by atoms with Crippen LogP contribution in [0.15, 0.2) is 24.3 Å². The van der Waals surface area contributed by atoms with Crippen molar-refractivity contribution in [2.75, 3.05) is 6.54 Å². The number of rotatable bonds is 4. The Morgan fingerprint density at radius 1 is 1.25 bits per heavy atom. The van der Waals surface area contributed by atoms with Crippen LogP contribution in [0.4, 0.5) is 0 Å². The van der Waals surface area contributed by atoms with Gasteiger partial charge in [0.1, 0.15) is 5.75 Å². The smallest absolute Gasteiger partial charge is 0.308 e. The number of carbonyl (C=O) groups excluding carboxylic acids is 2. The fourth-order valence-corrected chi connectivity index (χ4v) is 1.18. The molecule has 1 N–H and O–H groups in total. The highest BCUT2D eigenvalue weighted by Gasteiger charge is 2.04. The normalized spacial score (nSPS) is 9.62. The third kappa shape index (κ3) is 3.73. The maximum absolute atomic E-state index is 11.5. The highest BCUT2D eigenvalue weighted by molar-refractivity contribution is 5.94. The van der Waals surface area contributed by atoms with Crippen LogP contribution in [0.2, 0.25) is 0 Å². The van der Waals surface area contributed by atoms with Crippen LogP contribution in [0.25, 0.3) is 0 Å². The first-order chi connectivity index (χ1) is 7.63. The number of carbonyl (C=O) groups is 2. The van der Waals surface area contributed by atoms with E-state index in [1.165, 1.54) is 6.92 Å². The van der Waals surface area contributed by atoms with Gasteiger partial charge >= 0.3 is 5.97 Å². The van der Waals surface area contributed by atoms with E-state index in [0.717, 1.165) is 6.42 Å². The molecular weight excluding hydrogens is 206 g/mol. The minimum atomic E-state index is -0.372. The molecule has 1 aromatic carbocycles. The zero-order chi connectivity index (χ0) is 12.0. The Labute approximate surface area is 94.6 Å². The minimum Gasteiger partial charge on any atom is -0.427 e. The van der Waals surface area contributed by atoms with E-state index in [0.29, 0.717) is 17.9 Å². The summed E-state index contributed by atoms with van der Waals surface area (Å²) in [7, 11) is 0. The van der Waals surface area contributed by atoms with Gasteiger partial charge in [0.15, 0.2) is 0 Å². The molecule has 0 atom stereocenters. The summed E-state index contributed by atoms with van der Waals surface area (Å²) in [6.45, 7) is 3.98. The van der Waals surface area contributed by atoms with Gasteiger partial charge < -0.3 is 10.1 Å². The molecule has 0 radical (unpaired) electrons. The van der Waals surface area contributed by atoms with Crippen molar-refractivity contribution >= 4 is 11.9 Å². The zero-order valence-corrected chi connectivity index (χ0v) is 9.45. The lowest BCUT2D eigenvalue weighted by molar-refractivity contribution is -0.131. The van der Waals surface area contributed by atoms with Crippen LogP contribution < -0.4 is 10.1 Å². The molecule has 4 heteroatoms. The molecule has 0 aliphatic rings. The number of benzene rings is 1. The van der Waals surface area contributed by atoms with Crippen molar-refractivity contribution in [2.45, 2.75) is 20.3 Å². The molecule has 1 aromatic rings. The second-order valence-electron chi connectivity index (χ2n) is 3.37. The fourth-order valence-electron chi connectivity index (χ4n) is 1.18. The summed E-state index contributed by atoms with van der Waals surface area (Å²) in [5.41, 5.74) is 0.560. The first-order valence-corrected chi connectivity index (χ1v) is 5.20. The lowest BCUT2D eigenvalue weighted by Gasteiger charge is -2.04. The zero-order valence-electron chi connectivity index (χ0n) is 9.45. The number of hydrogen-bond donors (Lipinski definition) is 1. The molecule has 0 aromatic heterocycles. The molecule has 0 fully saturated rings. The lowest BCUT2D eigenvalue weighted by atomic mass is 10.2. The highest BCUT2D eigenvalue weighted by atomic mass is 16.5. The van der Waals surface area contributed by atoms with E-state index in [9.17, 15) is 9.59 Å². The maximum atomic E-state index is 11.5. The first kappa shape index (κ1) is 12.2. The predicted molar refractivity (Wildman–Crippen MR) is 60.4 cm³/mol. The molecule has 1 amide bonds. The molecule has 0 spiro atoms. The van der Waals surface area contributed by atoms with Crippen molar-refractivity contribution in [3.63, 3.8) is 0 Å². The number of esters is 1. The standard InChI is InChI=1S/C12H15NO3/c1-3-8-13-12(15)10-4-6-11(7-5-10)16-9(2)14/h4-7H,3,8H2,1-2H3,(H,13,15). The summed E-state index contributed by atoms with van der Waals surface area (Å²) < 4.78 is 4.86. The van der Waals surface area contributed by atoms with Crippen molar-refractivity contribution < 1.29 is 14.3 Å². The second-order valence-corrected chi connectivity index (χ2v) is 3.37. The highest BCUT2D eigenvalue weighted by Crippen LogP contribution is 2.12. The van der Waals surface area contributed by atoms with Crippen LogP contribution >= 0.6 is 0 Å². The van der Waals surface area contributed by atoms with Gasteiger partial charge in [-0.05, 0) is 30.7 Å². The third-order valence-corrected chi connectivity index (χ3v) is 1.91. The molecule has 86 valence electrons. The molecule has 0 bridgehead atoms. The van der Waals surface area contributed by atoms with Crippen LogP contribution in [0.3, 0.4) is 0 Å². The molecule has 16 heavy (non-hydrogen) atoms. The number of nitrogens with one attached hydrogen (secondary N) is 1. The van der Waals surface area contributed by atoms with Gasteiger partial charge in [-0.3, -0.25) is 9.59 Å². The Morgan fingerprint density at radius 3 is 2.38 bits per heavy atom. The van der Waals surface area contributed by atoms with Crippen molar-refractivity contribution in [1.29, 1.82) is 0 Å². The number of hydrogen-bond acceptors (Lipinski definition) is 3. The van der Waals surface area contributed by atoms with Gasteiger partial charge in [-0.15, -0.1) is 0 Å². The summed E-state index contributed by atoms with van der Waals surface area (Å²) in [5, 5.41) is 2.76. The van der Waals surface area contributed by atoms with Gasteiger partial charge in [-0.25, -0.2) is 0 Å². The number of ether oxygens (including phenoxy) is 1. The van der Waals surface area contributed by atoms with Crippen molar-refractivity contribution in [3.8, 4) is 5.75 Å². The Bertz CT molecular complexity index is 370. The second kappa shape index (κ2) is 5.90. The Balaban J connectivity index is 2.63. The van der Waals surface area contributed by atoms with Crippen LogP contribution in [0, 0.1) is 0 Å². The van der Waals surface area contributed by atoms with Gasteiger partial charge in [0.05, 0.1) is 0 Å². The maximum Gasteiger partial charge on any atom is 0.308 e. The molecule has 0 unspecified atom stereocenters. The number of amides is 1. The average molecular weight is 221 g/mol. The van der Waals surface area contributed by atoms with Crippen molar-refractivity contribution in [1.82, 2.24) is 5.32 Å². The Morgan fingerprint density at radius 2 is 1.88 bits per heavy atom. The summed E-state index contributed by atoms with van der Waals surface area (Å²) in [4.78, 5) is 22.2. The first-order valence-electron chi connectivity index (χ1n) is 5.20. The molecule has 0 heterocycles. The van der Waals surface area contributed by atoms with Gasteiger partial charge in [0.25, 0.3) is 5.91 Å². The molecular formula is C12H15NO3. The van der Waals surface area contributed by atoms with Crippen LogP contribution in [-0.4, -0.2) is 18.4 Å². The quantitative estimate of drug-likeness (QED) is 0.622. The predicted octanol–water partition coefficient (Wildman–Crippen LogP) is 1.75. The van der Waals surface area contributed by atoms with Crippen LogP contribution in [0.1, 0.15) is 30.6 Å². The van der Waals surface area contributed by atoms with Crippen molar-refractivity contribution in [3.05, 3.63) is 29.8 Å². The van der Waals surface area contributed by atoms with E-state index in [4.69, 9.17) is 4.74 Å². The summed E-state index contributed by atoms with van der Waals surface area (Å²) >= 11 is 0. The summed E-state index contributed by atoms with van der Waals surface area (Å²) in [5.74, 6) is -0.0426. The lowest BCUT2D eigenvalue weighted by Crippen LogP contribution is -2.23. The van der Waals surface area contributed by atoms with E-state index >= 15 is 0 Å². The molecule has 0 saturated carbocycles. The third-order valence-electron chi connectivity index (χ3n) is 1.91. The van der Waals surface area contributed by atoms with E-state index in [1.807, 2.05) is 6.92 Å². The van der Waals surface area contributed by atoms with E-state index in [2.05, 4.69) is 5.32 Å². The summed E-state index contributed by atoms with van der Waals surface area (Å²) in [6, 6.07) is 6.46. The molecule has 0 saturated heterocycles. The molecule has 0 aliphatic heterocycles. The molecule has 1 rings (SSSR count). The monoisotopic (exact) mass is 221 g/mol. The minimum absolute atomic E-state index is 0.115.